The van der Waals surface area contributed by atoms with Crippen LogP contribution in [0.2, 0.25) is 0 Å². The largest absolute Gasteiger partial charge is 0.0995 e. The third-order valence-corrected chi connectivity index (χ3v) is 9.22. The van der Waals surface area contributed by atoms with Crippen LogP contribution in [0.3, 0.4) is 0 Å². The summed E-state index contributed by atoms with van der Waals surface area (Å²) in [4.78, 5) is 0. The van der Waals surface area contributed by atoms with E-state index in [4.69, 9.17) is 0 Å². The van der Waals surface area contributed by atoms with Crippen molar-refractivity contribution in [1.82, 2.24) is 0 Å². The highest BCUT2D eigenvalue weighted by Gasteiger charge is 2.58. The first-order chi connectivity index (χ1) is 14.4. The Morgan fingerprint density at radius 3 is 2.63 bits per heavy atom. The third kappa shape index (κ3) is 2.72. The maximum atomic E-state index is 4.61. The second-order valence-corrected chi connectivity index (χ2v) is 10.6. The molecule has 0 N–H and O–H groups in total. The highest BCUT2D eigenvalue weighted by atomic mass is 14.6. The van der Waals surface area contributed by atoms with E-state index < -0.39 is 0 Å². The van der Waals surface area contributed by atoms with Gasteiger partial charge in [0.2, 0.25) is 0 Å². The number of allylic oxidation sites excluding steroid dienone is 8. The molecule has 0 heteroatoms. The molecule has 1 aromatic carbocycles. The molecular formula is C30H36. The Balaban J connectivity index is 1.58. The molecule has 0 bridgehead atoms. The Kier molecular flexibility index (Phi) is 4.62. The molecule has 0 aliphatic heterocycles. The molecular weight excluding hydrogens is 360 g/mol. The van der Waals surface area contributed by atoms with Crippen LogP contribution in [0.15, 0.2) is 90.1 Å². The van der Waals surface area contributed by atoms with Crippen LogP contribution in [0.1, 0.15) is 64.4 Å². The fourth-order valence-corrected chi connectivity index (χ4v) is 7.65. The molecule has 156 valence electrons. The molecule has 0 amide bonds. The molecule has 0 spiro atoms. The fourth-order valence-electron chi connectivity index (χ4n) is 7.65. The maximum absolute atomic E-state index is 4.61. The summed E-state index contributed by atoms with van der Waals surface area (Å²) in [5.41, 5.74) is 7.84. The lowest BCUT2D eigenvalue weighted by Crippen LogP contribution is -2.43. The first-order valence-corrected chi connectivity index (χ1v) is 11.9. The SMILES string of the molecule is C=C1C=C[C@@]2(C)C(=C1)CCC1C2=CC[C@@]2(C)C1C[C@H](c1ccccc1)[C@@H]2C(=C)CC. The van der Waals surface area contributed by atoms with Crippen LogP contribution >= 0.6 is 0 Å². The van der Waals surface area contributed by atoms with E-state index in [2.05, 4.69) is 88.6 Å². The molecule has 0 saturated heterocycles. The zero-order valence-corrected chi connectivity index (χ0v) is 19.0. The van der Waals surface area contributed by atoms with Gasteiger partial charge in [0.1, 0.15) is 0 Å². The minimum atomic E-state index is 0.105. The van der Waals surface area contributed by atoms with E-state index >= 15 is 0 Å². The molecule has 4 aliphatic rings. The summed E-state index contributed by atoms with van der Waals surface area (Å²) in [6.45, 7) is 16.1. The molecule has 0 aromatic heterocycles. The number of benzene rings is 1. The van der Waals surface area contributed by atoms with Gasteiger partial charge in [0.15, 0.2) is 0 Å². The Morgan fingerprint density at radius 2 is 1.90 bits per heavy atom. The minimum absolute atomic E-state index is 0.105. The number of rotatable bonds is 3. The van der Waals surface area contributed by atoms with E-state index in [0.717, 1.165) is 17.9 Å². The summed E-state index contributed by atoms with van der Waals surface area (Å²) in [7, 11) is 0. The summed E-state index contributed by atoms with van der Waals surface area (Å²) in [5, 5.41) is 0. The number of hydrogen-bond acceptors (Lipinski definition) is 0. The van der Waals surface area contributed by atoms with E-state index in [9.17, 15) is 0 Å². The highest BCUT2D eigenvalue weighted by Crippen LogP contribution is 2.68. The van der Waals surface area contributed by atoms with Gasteiger partial charge < -0.3 is 0 Å². The fraction of sp³-hybridized carbons (Fsp3) is 0.467. The quantitative estimate of drug-likeness (QED) is 0.452. The van der Waals surface area contributed by atoms with Crippen LogP contribution in [0.4, 0.5) is 0 Å². The Morgan fingerprint density at radius 1 is 1.13 bits per heavy atom. The monoisotopic (exact) mass is 396 g/mol. The molecule has 30 heavy (non-hydrogen) atoms. The molecule has 0 nitrogen and oxygen atoms in total. The molecule has 2 saturated carbocycles. The van der Waals surface area contributed by atoms with E-state index in [0.29, 0.717) is 23.2 Å². The molecule has 1 aromatic rings. The van der Waals surface area contributed by atoms with Gasteiger partial charge in [-0.1, -0.05) is 98.4 Å². The van der Waals surface area contributed by atoms with Gasteiger partial charge in [-0.15, -0.1) is 0 Å². The molecule has 4 aliphatic carbocycles. The zero-order chi connectivity index (χ0) is 21.1. The van der Waals surface area contributed by atoms with Gasteiger partial charge in [0.05, 0.1) is 0 Å². The van der Waals surface area contributed by atoms with Gasteiger partial charge in [0.25, 0.3) is 0 Å². The van der Waals surface area contributed by atoms with Crippen molar-refractivity contribution in [2.24, 2.45) is 28.6 Å². The summed E-state index contributed by atoms with van der Waals surface area (Å²) in [5.74, 6) is 2.63. The van der Waals surface area contributed by atoms with Crippen LogP contribution in [0.25, 0.3) is 0 Å². The summed E-state index contributed by atoms with van der Waals surface area (Å²) < 4.78 is 0. The minimum Gasteiger partial charge on any atom is -0.0995 e. The van der Waals surface area contributed by atoms with Gasteiger partial charge in [0, 0.05) is 5.41 Å². The van der Waals surface area contributed by atoms with Crippen LogP contribution in [0.5, 0.6) is 0 Å². The van der Waals surface area contributed by atoms with Crippen molar-refractivity contribution in [2.45, 2.75) is 58.8 Å². The van der Waals surface area contributed by atoms with E-state index in [1.807, 2.05) is 0 Å². The smallest absolute Gasteiger partial charge is 0.0281 e. The molecule has 0 heterocycles. The normalized spacial score (nSPS) is 39.5. The molecule has 0 radical (unpaired) electrons. The standard InChI is InChI=1S/C30H36/c1-6-21(3)28-25(22-10-8-7-9-11-22)19-27-24-13-12-23-18-20(2)14-16-29(23,4)26(24)15-17-30(27,28)5/h7-11,14-16,18,24-25,27-28H,2-3,6,12-13,17,19H2,1,4-5H3/t24?,25-,27?,28+,29+,30+/m1/s1. The van der Waals surface area contributed by atoms with Crippen LogP contribution < -0.4 is 0 Å². The van der Waals surface area contributed by atoms with Crippen molar-refractivity contribution in [3.8, 4) is 0 Å². The van der Waals surface area contributed by atoms with E-state index in [1.165, 1.54) is 36.8 Å². The summed E-state index contributed by atoms with van der Waals surface area (Å²) >= 11 is 0. The molecule has 2 fully saturated rings. The average molecular weight is 397 g/mol. The average Bonchev–Trinajstić information content (AvgIpc) is 3.07. The van der Waals surface area contributed by atoms with Gasteiger partial charge in [-0.25, -0.2) is 0 Å². The molecule has 2 unspecified atom stereocenters. The van der Waals surface area contributed by atoms with Crippen molar-refractivity contribution in [1.29, 1.82) is 0 Å². The maximum Gasteiger partial charge on any atom is 0.0281 e. The highest BCUT2D eigenvalue weighted by molar-refractivity contribution is 5.50. The van der Waals surface area contributed by atoms with Gasteiger partial charge in [-0.3, -0.25) is 0 Å². The van der Waals surface area contributed by atoms with E-state index in [1.54, 1.807) is 11.1 Å². The van der Waals surface area contributed by atoms with Crippen molar-refractivity contribution in [3.63, 3.8) is 0 Å². The Labute approximate surface area is 183 Å². The topological polar surface area (TPSA) is 0 Å². The summed E-state index contributed by atoms with van der Waals surface area (Å²) in [6.07, 6.45) is 15.8. The van der Waals surface area contributed by atoms with Gasteiger partial charge in [-0.2, -0.15) is 0 Å². The van der Waals surface area contributed by atoms with Crippen molar-refractivity contribution in [3.05, 3.63) is 95.6 Å². The van der Waals surface area contributed by atoms with Crippen LogP contribution in [0, 0.1) is 28.6 Å². The first-order valence-electron chi connectivity index (χ1n) is 11.9. The predicted molar refractivity (Wildman–Crippen MR) is 128 cm³/mol. The first kappa shape index (κ1) is 19.9. The molecule has 5 rings (SSSR count). The lowest BCUT2D eigenvalue weighted by Gasteiger charge is -2.52. The van der Waals surface area contributed by atoms with Crippen molar-refractivity contribution >= 4 is 0 Å². The summed E-state index contributed by atoms with van der Waals surface area (Å²) in [6, 6.07) is 11.3. The lowest BCUT2D eigenvalue weighted by atomic mass is 9.52. The third-order valence-electron chi connectivity index (χ3n) is 9.22. The Hall–Kier alpha value is -2.08. The second-order valence-electron chi connectivity index (χ2n) is 10.6. The van der Waals surface area contributed by atoms with Crippen LogP contribution in [-0.4, -0.2) is 0 Å². The zero-order valence-electron chi connectivity index (χ0n) is 19.0. The molecule has 6 atom stereocenters. The number of fused-ring (bicyclic) bond motifs is 5. The van der Waals surface area contributed by atoms with Crippen molar-refractivity contribution in [2.75, 3.05) is 0 Å². The number of hydrogen-bond donors (Lipinski definition) is 0. The van der Waals surface area contributed by atoms with E-state index in [-0.39, 0.29) is 5.41 Å². The van der Waals surface area contributed by atoms with Gasteiger partial charge >= 0.3 is 0 Å². The second kappa shape index (κ2) is 6.98. The lowest BCUT2D eigenvalue weighted by molar-refractivity contribution is 0.103. The Bertz CT molecular complexity index is 971. The van der Waals surface area contributed by atoms with Crippen LogP contribution in [-0.2, 0) is 0 Å². The van der Waals surface area contributed by atoms with Gasteiger partial charge in [-0.05, 0) is 79.3 Å². The predicted octanol–water partition coefficient (Wildman–Crippen LogP) is 8.18. The van der Waals surface area contributed by atoms with Crippen molar-refractivity contribution < 1.29 is 0 Å².